The predicted octanol–water partition coefficient (Wildman–Crippen LogP) is 9.25. The first-order chi connectivity index (χ1) is 23.4. The summed E-state index contributed by atoms with van der Waals surface area (Å²) in [5, 5.41) is 11.5. The van der Waals surface area contributed by atoms with Crippen LogP contribution in [-0.2, 0) is 23.4 Å². The van der Waals surface area contributed by atoms with Crippen LogP contribution in [0.15, 0.2) is 48.1 Å². The zero-order valence-corrected chi connectivity index (χ0v) is 34.6. The van der Waals surface area contributed by atoms with E-state index in [2.05, 4.69) is 113 Å². The number of methoxy groups -OCH3 is 2. The second kappa shape index (κ2) is 20.1. The highest BCUT2D eigenvalue weighted by Gasteiger charge is 2.43. The molecule has 1 aliphatic heterocycles. The number of amides is 1. The van der Waals surface area contributed by atoms with Gasteiger partial charge in [0.2, 0.25) is 0 Å². The van der Waals surface area contributed by atoms with Crippen molar-refractivity contribution in [1.29, 1.82) is 0 Å². The second-order valence-corrected chi connectivity index (χ2v) is 20.7. The summed E-state index contributed by atoms with van der Waals surface area (Å²) in [5.41, 5.74) is 2.93. The second-order valence-electron chi connectivity index (χ2n) is 16.0. The smallest absolute Gasteiger partial charge is 0.266 e. The van der Waals surface area contributed by atoms with E-state index in [9.17, 15) is 9.90 Å². The molecular weight excluding hydrogens is 647 g/mol. The van der Waals surface area contributed by atoms with Crippen LogP contribution in [0.2, 0.25) is 18.1 Å². The van der Waals surface area contributed by atoms with Gasteiger partial charge >= 0.3 is 0 Å². The van der Waals surface area contributed by atoms with Crippen molar-refractivity contribution in [2.75, 3.05) is 39.3 Å². The molecular formula is C41H69NO7Si. The van der Waals surface area contributed by atoms with Crippen LogP contribution in [0.5, 0.6) is 5.75 Å². The number of nitrogens with zero attached hydrogens (tertiary/aromatic N) is 1. The van der Waals surface area contributed by atoms with E-state index in [1.165, 1.54) is 5.57 Å². The molecule has 1 heterocycles. The molecule has 0 saturated heterocycles. The van der Waals surface area contributed by atoms with Gasteiger partial charge in [-0.05, 0) is 61.5 Å². The Hall–Kier alpha value is -2.27. The largest absolute Gasteiger partial charge is 0.482 e. The molecule has 1 amide bonds. The predicted molar refractivity (Wildman–Crippen MR) is 209 cm³/mol. The van der Waals surface area contributed by atoms with Gasteiger partial charge in [-0.25, -0.2) is 0 Å². The number of benzene rings is 1. The van der Waals surface area contributed by atoms with E-state index in [0.29, 0.717) is 11.4 Å². The number of hydrogen-bond donors (Lipinski definition) is 1. The van der Waals surface area contributed by atoms with Gasteiger partial charge in [-0.3, -0.25) is 9.69 Å². The molecule has 0 spiro atoms. The molecule has 8 atom stereocenters. The van der Waals surface area contributed by atoms with Crippen molar-refractivity contribution in [3.63, 3.8) is 0 Å². The van der Waals surface area contributed by atoms with E-state index >= 15 is 0 Å². The molecule has 0 radical (unpaired) electrons. The Balaban J connectivity index is 2.30. The van der Waals surface area contributed by atoms with Crippen molar-refractivity contribution in [1.82, 2.24) is 0 Å². The van der Waals surface area contributed by atoms with E-state index in [1.54, 1.807) is 19.1 Å². The third kappa shape index (κ3) is 12.4. The number of aliphatic hydroxyl groups is 1. The first kappa shape index (κ1) is 43.9. The van der Waals surface area contributed by atoms with Gasteiger partial charge in [0.05, 0.1) is 24.0 Å². The Labute approximate surface area is 305 Å². The molecule has 2 rings (SSSR count). The van der Waals surface area contributed by atoms with Crippen molar-refractivity contribution in [3.05, 3.63) is 53.6 Å². The molecule has 284 valence electrons. The van der Waals surface area contributed by atoms with Crippen LogP contribution >= 0.6 is 0 Å². The van der Waals surface area contributed by atoms with Crippen LogP contribution in [0.4, 0.5) is 5.69 Å². The number of fused-ring (bicyclic) bond motifs is 1. The van der Waals surface area contributed by atoms with E-state index in [1.807, 2.05) is 18.2 Å². The topological polar surface area (TPSA) is 86.7 Å². The van der Waals surface area contributed by atoms with E-state index in [-0.39, 0.29) is 72.9 Å². The van der Waals surface area contributed by atoms with Gasteiger partial charge in [0, 0.05) is 37.9 Å². The molecule has 0 aromatic heterocycles. The normalized spacial score (nSPS) is 19.5. The third-order valence-electron chi connectivity index (χ3n) is 10.5. The standard InChI is InChI=1S/C41H69NO7Si/c1-15-16-17-29(3)38(44)33(7)40(49-50(13,14)41(8,9)10)32(6)23-28(2)22-31(5)39(48-27-46-12)30(4)18-19-34-20-21-36-35(24-34)42(26-45-11)37(43)25-47-36/h16-22,24,29-33,38-40,44H,15,23,25-27H2,1-14H3/t29?,30?,31-,32-,33+,38-,39-,40+/m0/s1. The Morgan fingerprint density at radius 3 is 2.30 bits per heavy atom. The summed E-state index contributed by atoms with van der Waals surface area (Å²) in [4.78, 5) is 14.1. The van der Waals surface area contributed by atoms with Crippen molar-refractivity contribution in [2.45, 2.75) is 119 Å². The molecule has 9 heteroatoms. The Bertz CT molecular complexity index is 1290. The van der Waals surface area contributed by atoms with Crippen LogP contribution in [0.1, 0.15) is 87.6 Å². The number of allylic oxidation sites excluding steroid dienone is 2. The van der Waals surface area contributed by atoms with Crippen molar-refractivity contribution in [3.8, 4) is 5.75 Å². The fourth-order valence-electron chi connectivity index (χ4n) is 6.53. The lowest BCUT2D eigenvalue weighted by Crippen LogP contribution is -2.49. The van der Waals surface area contributed by atoms with Crippen molar-refractivity contribution in [2.24, 2.45) is 29.6 Å². The Morgan fingerprint density at radius 1 is 1.02 bits per heavy atom. The summed E-state index contributed by atoms with van der Waals surface area (Å²) >= 11 is 0. The van der Waals surface area contributed by atoms with Crippen LogP contribution in [0.3, 0.4) is 0 Å². The van der Waals surface area contributed by atoms with Gasteiger partial charge in [0.25, 0.3) is 5.91 Å². The lowest BCUT2D eigenvalue weighted by atomic mass is 9.81. The fourth-order valence-corrected chi connectivity index (χ4v) is 8.01. The van der Waals surface area contributed by atoms with Crippen molar-refractivity contribution >= 4 is 26.0 Å². The fraction of sp³-hybridized carbons (Fsp3) is 0.683. The summed E-state index contributed by atoms with van der Waals surface area (Å²) in [6, 6.07) is 5.84. The maximum absolute atomic E-state index is 12.5. The maximum Gasteiger partial charge on any atom is 0.266 e. The average molecular weight is 716 g/mol. The third-order valence-corrected chi connectivity index (χ3v) is 14.9. The van der Waals surface area contributed by atoms with Crippen LogP contribution in [0.25, 0.3) is 6.08 Å². The highest BCUT2D eigenvalue weighted by Crippen LogP contribution is 2.41. The molecule has 1 aliphatic rings. The first-order valence-electron chi connectivity index (χ1n) is 18.4. The highest BCUT2D eigenvalue weighted by molar-refractivity contribution is 6.74. The van der Waals surface area contributed by atoms with E-state index in [0.717, 1.165) is 18.4 Å². The Kier molecular flexibility index (Phi) is 17.6. The molecule has 1 aromatic rings. The number of aliphatic hydroxyl groups excluding tert-OH is 1. The summed E-state index contributed by atoms with van der Waals surface area (Å²) in [7, 11) is 1.11. The average Bonchev–Trinajstić information content (AvgIpc) is 3.05. The minimum absolute atomic E-state index is 0.00579. The van der Waals surface area contributed by atoms with Crippen molar-refractivity contribution < 1.29 is 33.3 Å². The van der Waals surface area contributed by atoms with Crippen LogP contribution < -0.4 is 9.64 Å². The zero-order chi connectivity index (χ0) is 37.8. The molecule has 1 N–H and O–H groups in total. The van der Waals surface area contributed by atoms with E-state index < -0.39 is 14.4 Å². The van der Waals surface area contributed by atoms with Gasteiger partial charge in [-0.15, -0.1) is 0 Å². The number of anilines is 1. The number of carbonyl (C=O) groups is 1. The minimum atomic E-state index is -2.11. The molecule has 2 unspecified atom stereocenters. The molecule has 0 fully saturated rings. The number of ether oxygens (including phenoxy) is 4. The van der Waals surface area contributed by atoms with Gasteiger partial charge in [0.1, 0.15) is 19.3 Å². The molecule has 50 heavy (non-hydrogen) atoms. The number of hydrogen-bond acceptors (Lipinski definition) is 7. The molecule has 0 bridgehead atoms. The molecule has 8 nitrogen and oxygen atoms in total. The summed E-state index contributed by atoms with van der Waals surface area (Å²) in [6.07, 6.45) is 11.9. The summed E-state index contributed by atoms with van der Waals surface area (Å²) in [6.45, 7) is 27.0. The maximum atomic E-state index is 12.5. The lowest BCUT2D eigenvalue weighted by Gasteiger charge is -2.44. The molecule has 0 saturated carbocycles. The molecule has 0 aliphatic carbocycles. The zero-order valence-electron chi connectivity index (χ0n) is 33.6. The summed E-state index contributed by atoms with van der Waals surface area (Å²) < 4.78 is 29.6. The van der Waals surface area contributed by atoms with E-state index in [4.69, 9.17) is 23.4 Å². The lowest BCUT2D eigenvalue weighted by molar-refractivity contribution is -0.122. The monoisotopic (exact) mass is 715 g/mol. The number of carbonyl (C=O) groups excluding carboxylic acids is 1. The van der Waals surface area contributed by atoms with Crippen LogP contribution in [0, 0.1) is 29.6 Å². The highest BCUT2D eigenvalue weighted by atomic mass is 28.4. The minimum Gasteiger partial charge on any atom is -0.482 e. The number of rotatable bonds is 20. The quantitative estimate of drug-likeness (QED) is 0.0818. The SMILES string of the molecule is CCC=CC(C)[C@H](O)[C@@H](C)[C@H](O[Si](C)(C)C(C)(C)C)[C@@H](C)CC(C)=C[C@H](C)[C@@H](OCOC)C(C)C=Cc1ccc2c(c1)N(COC)C(=O)CO2. The molecule has 1 aromatic carbocycles. The van der Waals surface area contributed by atoms with Gasteiger partial charge < -0.3 is 28.5 Å². The van der Waals surface area contributed by atoms with Crippen LogP contribution in [-0.4, -0.2) is 72.0 Å². The summed E-state index contributed by atoms with van der Waals surface area (Å²) in [5.74, 6) is 0.925. The Morgan fingerprint density at radius 2 is 1.70 bits per heavy atom. The van der Waals surface area contributed by atoms with Gasteiger partial charge in [-0.2, -0.15) is 0 Å². The van der Waals surface area contributed by atoms with Gasteiger partial charge in [-0.1, -0.05) is 104 Å². The van der Waals surface area contributed by atoms with Gasteiger partial charge in [0.15, 0.2) is 14.9 Å². The first-order valence-corrected chi connectivity index (χ1v) is 21.3.